The average molecular weight is 730 g/mol. The lowest BCUT2D eigenvalue weighted by atomic mass is 9.95. The maximum Gasteiger partial charge on any atom is 0.261 e. The highest BCUT2D eigenvalue weighted by molar-refractivity contribution is 6.08. The van der Waals surface area contributed by atoms with Crippen molar-refractivity contribution in [2.24, 2.45) is 5.92 Å². The van der Waals surface area contributed by atoms with E-state index in [1.54, 1.807) is 10.7 Å². The molecule has 14 nitrogen and oxygen atoms in total. The fourth-order valence-corrected chi connectivity index (χ4v) is 8.27. The fraction of sp³-hybridized carbons (Fsp3) is 0.425. The minimum absolute atomic E-state index is 0.0851. The molecule has 3 aromatic heterocycles. The van der Waals surface area contributed by atoms with Gasteiger partial charge in [0.15, 0.2) is 5.65 Å². The Labute approximate surface area is 312 Å². The van der Waals surface area contributed by atoms with Crippen molar-refractivity contribution in [1.29, 1.82) is 0 Å². The van der Waals surface area contributed by atoms with Gasteiger partial charge in [-0.25, -0.2) is 9.50 Å². The van der Waals surface area contributed by atoms with E-state index in [1.165, 1.54) is 6.42 Å². The van der Waals surface area contributed by atoms with Crippen LogP contribution < -0.4 is 15.0 Å². The van der Waals surface area contributed by atoms with Crippen LogP contribution in [0.25, 0.3) is 27.7 Å². The summed E-state index contributed by atoms with van der Waals surface area (Å²) in [5, 5.41) is 12.9. The number of piperidine rings is 2. The van der Waals surface area contributed by atoms with Crippen LogP contribution >= 0.6 is 0 Å². The lowest BCUT2D eigenvalue weighted by Crippen LogP contribution is -2.54. The molecule has 3 saturated heterocycles. The first kappa shape index (κ1) is 34.2. The summed E-state index contributed by atoms with van der Waals surface area (Å²) in [4.78, 5) is 59.8. The number of aryl methyl sites for hydroxylation is 1. The highest BCUT2D eigenvalue weighted by Gasteiger charge is 2.36. The lowest BCUT2D eigenvalue weighted by molar-refractivity contribution is -0.139. The number of imide groups is 2. The van der Waals surface area contributed by atoms with E-state index >= 15 is 0 Å². The van der Waals surface area contributed by atoms with E-state index < -0.39 is 23.8 Å². The third kappa shape index (κ3) is 6.37. The van der Waals surface area contributed by atoms with Gasteiger partial charge in [-0.2, -0.15) is 10.2 Å². The normalized spacial score (nSPS) is 20.2. The standard InChI is InChI=1S/C40H43N9O5/c1-25-6-7-29(17-31(25)40(53)47(24-50)35-8-9-37(51)43-39(35)52)46-21-26(22-46)20-45-14-10-28(11-15-45)49-23-27-16-32(33-19-42-48-13-3-12-41-38(33)48)36(18-34(27)44-49)54-30-4-2-5-30/h3,6-7,12-13,16-19,23-24,26,28,30,35H,2,4-5,8-11,14-15,20-22H2,1H3,(H,43,51,52). The SMILES string of the molecule is Cc1ccc(N2CC(CN3CCC(n4cc5cc(-c6cnn7cccnc67)c(OC6CCC6)cc5n4)CC3)C2)cc1C(=O)N(C=O)C1CCC(=O)NC1=O. The van der Waals surface area contributed by atoms with Crippen LogP contribution in [-0.4, -0.2) is 103 Å². The highest BCUT2D eigenvalue weighted by atomic mass is 16.5. The third-order valence-electron chi connectivity index (χ3n) is 11.7. The molecule has 1 atom stereocenters. The summed E-state index contributed by atoms with van der Waals surface area (Å²) < 4.78 is 10.5. The summed E-state index contributed by atoms with van der Waals surface area (Å²) in [6.07, 6.45) is 13.9. The van der Waals surface area contributed by atoms with Crippen LogP contribution in [0.1, 0.15) is 66.9 Å². The van der Waals surface area contributed by atoms with Crippen molar-refractivity contribution in [3.05, 3.63) is 72.3 Å². The fourth-order valence-electron chi connectivity index (χ4n) is 8.27. The number of fused-ring (bicyclic) bond motifs is 2. The van der Waals surface area contributed by atoms with Crippen LogP contribution in [-0.2, 0) is 14.4 Å². The number of hydrogen-bond donors (Lipinski definition) is 1. The van der Waals surface area contributed by atoms with E-state index in [1.807, 2.05) is 43.6 Å². The van der Waals surface area contributed by atoms with Gasteiger partial charge in [-0.05, 0) is 75.3 Å². The molecule has 1 aliphatic carbocycles. The van der Waals surface area contributed by atoms with Gasteiger partial charge in [-0.15, -0.1) is 0 Å². The molecule has 1 saturated carbocycles. The maximum atomic E-state index is 13.5. The van der Waals surface area contributed by atoms with Gasteiger partial charge in [-0.1, -0.05) is 6.07 Å². The molecule has 4 amide bonds. The predicted molar refractivity (Wildman–Crippen MR) is 200 cm³/mol. The summed E-state index contributed by atoms with van der Waals surface area (Å²) in [5.74, 6) is -0.204. The van der Waals surface area contributed by atoms with Gasteiger partial charge >= 0.3 is 0 Å². The number of ether oxygens (including phenoxy) is 1. The molecule has 0 bridgehead atoms. The average Bonchev–Trinajstić information content (AvgIpc) is 3.77. The molecule has 4 fully saturated rings. The van der Waals surface area contributed by atoms with Crippen molar-refractivity contribution in [3.63, 3.8) is 0 Å². The molecular weight excluding hydrogens is 686 g/mol. The number of amides is 4. The second-order valence-electron chi connectivity index (χ2n) is 15.2. The van der Waals surface area contributed by atoms with Crippen molar-refractivity contribution < 1.29 is 23.9 Å². The Hall–Kier alpha value is -5.63. The Kier molecular flexibility index (Phi) is 8.84. The van der Waals surface area contributed by atoms with E-state index in [-0.39, 0.29) is 18.9 Å². The number of nitrogens with one attached hydrogen (secondary N) is 1. The largest absolute Gasteiger partial charge is 0.490 e. The predicted octanol–water partition coefficient (Wildman–Crippen LogP) is 4.16. The smallest absolute Gasteiger partial charge is 0.261 e. The summed E-state index contributed by atoms with van der Waals surface area (Å²) >= 11 is 0. The Morgan fingerprint density at radius 2 is 1.89 bits per heavy atom. The Morgan fingerprint density at radius 3 is 2.65 bits per heavy atom. The number of carbonyl (C=O) groups excluding carboxylic acids is 4. The van der Waals surface area contributed by atoms with Crippen molar-refractivity contribution in [2.45, 2.75) is 70.1 Å². The van der Waals surface area contributed by atoms with E-state index in [4.69, 9.17) is 9.84 Å². The molecule has 1 N–H and O–H groups in total. The molecule has 6 heterocycles. The van der Waals surface area contributed by atoms with Crippen molar-refractivity contribution in [2.75, 3.05) is 37.6 Å². The third-order valence-corrected chi connectivity index (χ3v) is 11.7. The Morgan fingerprint density at radius 1 is 1.06 bits per heavy atom. The van der Waals surface area contributed by atoms with Crippen LogP contribution in [0.15, 0.2) is 61.2 Å². The number of aromatic nitrogens is 5. The first-order valence-electron chi connectivity index (χ1n) is 19.0. The molecule has 54 heavy (non-hydrogen) atoms. The van der Waals surface area contributed by atoms with E-state index in [2.05, 4.69) is 48.2 Å². The number of carbonyl (C=O) groups is 4. The molecule has 3 aliphatic heterocycles. The molecule has 0 spiro atoms. The van der Waals surface area contributed by atoms with Gasteiger partial charge in [0.05, 0.1) is 29.4 Å². The van der Waals surface area contributed by atoms with Gasteiger partial charge in [0.1, 0.15) is 11.8 Å². The summed E-state index contributed by atoms with van der Waals surface area (Å²) in [6.45, 7) is 6.58. The number of likely N-dealkylation sites (tertiary alicyclic amines) is 1. The topological polar surface area (TPSA) is 147 Å². The minimum Gasteiger partial charge on any atom is -0.490 e. The Balaban J connectivity index is 0.824. The van der Waals surface area contributed by atoms with E-state index in [0.717, 1.165) is 108 Å². The first-order valence-corrected chi connectivity index (χ1v) is 19.0. The molecular formula is C40H43N9O5. The van der Waals surface area contributed by atoms with Crippen LogP contribution in [0.3, 0.4) is 0 Å². The van der Waals surface area contributed by atoms with Gasteiger partial charge in [-0.3, -0.25) is 34.1 Å². The first-order chi connectivity index (χ1) is 26.3. The van der Waals surface area contributed by atoms with Crippen molar-refractivity contribution >= 4 is 46.4 Å². The zero-order valence-electron chi connectivity index (χ0n) is 30.3. The number of hydrogen-bond acceptors (Lipinski definition) is 10. The molecule has 5 aromatic rings. The van der Waals surface area contributed by atoms with Gasteiger partial charge in [0, 0.05) is 91.9 Å². The van der Waals surface area contributed by atoms with Crippen LogP contribution in [0.5, 0.6) is 5.75 Å². The van der Waals surface area contributed by atoms with Crippen LogP contribution in [0, 0.1) is 12.8 Å². The summed E-state index contributed by atoms with van der Waals surface area (Å²) in [5.41, 5.74) is 5.71. The quantitative estimate of drug-likeness (QED) is 0.164. The second kappa shape index (κ2) is 14.0. The van der Waals surface area contributed by atoms with E-state index in [0.29, 0.717) is 23.9 Å². The second-order valence-corrected chi connectivity index (χ2v) is 15.2. The van der Waals surface area contributed by atoms with E-state index in [9.17, 15) is 19.2 Å². The summed E-state index contributed by atoms with van der Waals surface area (Å²) in [7, 11) is 0. The molecule has 4 aliphatic rings. The summed E-state index contributed by atoms with van der Waals surface area (Å²) in [6, 6.07) is 11.2. The number of benzene rings is 2. The van der Waals surface area contributed by atoms with Gasteiger partial charge < -0.3 is 14.5 Å². The lowest BCUT2D eigenvalue weighted by Gasteiger charge is -2.44. The Bertz CT molecular complexity index is 2260. The maximum absolute atomic E-state index is 13.5. The van der Waals surface area contributed by atoms with Crippen molar-refractivity contribution in [1.82, 2.24) is 39.5 Å². The number of rotatable bonds is 10. The van der Waals surface area contributed by atoms with Gasteiger partial charge in [0.25, 0.3) is 5.91 Å². The van der Waals surface area contributed by atoms with Crippen molar-refractivity contribution in [3.8, 4) is 16.9 Å². The zero-order valence-corrected chi connectivity index (χ0v) is 30.3. The molecule has 14 heteroatoms. The van der Waals surface area contributed by atoms with Gasteiger partial charge in [0.2, 0.25) is 18.2 Å². The number of nitrogens with zero attached hydrogens (tertiary/aromatic N) is 8. The molecule has 9 rings (SSSR count). The molecule has 1 unspecified atom stereocenters. The highest BCUT2D eigenvalue weighted by Crippen LogP contribution is 2.39. The molecule has 278 valence electrons. The van der Waals surface area contributed by atoms with Crippen LogP contribution in [0.2, 0.25) is 0 Å². The number of anilines is 1. The molecule has 0 radical (unpaired) electrons. The zero-order chi connectivity index (χ0) is 36.9. The molecule has 2 aromatic carbocycles. The minimum atomic E-state index is -0.996. The monoisotopic (exact) mass is 729 g/mol. The van der Waals surface area contributed by atoms with Crippen LogP contribution in [0.4, 0.5) is 5.69 Å².